The SMILES string of the molecule is O=COC(C(=O)OCc1ccccc1)c1cccc2ccccc12. The highest BCUT2D eigenvalue weighted by molar-refractivity contribution is 5.90. The summed E-state index contributed by atoms with van der Waals surface area (Å²) in [6.45, 7) is 0.402. The molecule has 0 spiro atoms. The zero-order valence-corrected chi connectivity index (χ0v) is 12.9. The Kier molecular flexibility index (Phi) is 4.87. The number of hydrogen-bond donors (Lipinski definition) is 0. The smallest absolute Gasteiger partial charge is 0.352 e. The van der Waals surface area contributed by atoms with E-state index in [1.807, 2.05) is 66.7 Å². The average Bonchev–Trinajstić information content (AvgIpc) is 2.65. The van der Waals surface area contributed by atoms with E-state index >= 15 is 0 Å². The Morgan fingerprint density at radius 2 is 1.62 bits per heavy atom. The lowest BCUT2D eigenvalue weighted by atomic mass is 10.0. The van der Waals surface area contributed by atoms with Crippen LogP contribution in [-0.4, -0.2) is 12.4 Å². The molecule has 1 atom stereocenters. The predicted molar refractivity (Wildman–Crippen MR) is 90.1 cm³/mol. The second kappa shape index (κ2) is 7.42. The number of fused-ring (bicyclic) bond motifs is 1. The first-order chi connectivity index (χ1) is 11.8. The van der Waals surface area contributed by atoms with Gasteiger partial charge in [-0.2, -0.15) is 0 Å². The van der Waals surface area contributed by atoms with E-state index in [0.717, 1.165) is 16.3 Å². The largest absolute Gasteiger partial charge is 0.458 e. The summed E-state index contributed by atoms with van der Waals surface area (Å²) in [5, 5.41) is 1.81. The van der Waals surface area contributed by atoms with Crippen LogP contribution in [0.2, 0.25) is 0 Å². The Morgan fingerprint density at radius 3 is 2.42 bits per heavy atom. The molecule has 0 aliphatic rings. The Bertz CT molecular complexity index is 837. The molecule has 0 aliphatic carbocycles. The van der Waals surface area contributed by atoms with Gasteiger partial charge in [0.15, 0.2) is 0 Å². The van der Waals surface area contributed by atoms with Gasteiger partial charge < -0.3 is 9.47 Å². The van der Waals surface area contributed by atoms with E-state index in [1.165, 1.54) is 0 Å². The predicted octanol–water partition coefficient (Wildman–Crippen LogP) is 3.80. The second-order valence-corrected chi connectivity index (χ2v) is 5.27. The zero-order valence-electron chi connectivity index (χ0n) is 12.9. The Hall–Kier alpha value is -3.14. The summed E-state index contributed by atoms with van der Waals surface area (Å²) >= 11 is 0. The molecular formula is C20H16O4. The first-order valence-corrected chi connectivity index (χ1v) is 7.57. The van der Waals surface area contributed by atoms with Crippen molar-refractivity contribution in [2.75, 3.05) is 0 Å². The van der Waals surface area contributed by atoms with Gasteiger partial charge in [0.05, 0.1) is 0 Å². The standard InChI is InChI=1S/C20H16O4/c21-14-24-19(20(22)23-13-15-7-2-1-3-8-15)18-12-6-10-16-9-4-5-11-17(16)18/h1-12,14,19H,13H2. The lowest BCUT2D eigenvalue weighted by Gasteiger charge is -2.16. The second-order valence-electron chi connectivity index (χ2n) is 5.27. The van der Waals surface area contributed by atoms with Gasteiger partial charge in [-0.3, -0.25) is 4.79 Å². The monoisotopic (exact) mass is 320 g/mol. The summed E-state index contributed by atoms with van der Waals surface area (Å²) in [4.78, 5) is 23.3. The number of hydrogen-bond acceptors (Lipinski definition) is 4. The number of rotatable bonds is 6. The average molecular weight is 320 g/mol. The molecule has 3 aromatic carbocycles. The minimum atomic E-state index is -1.09. The van der Waals surface area contributed by atoms with Gasteiger partial charge in [0, 0.05) is 5.56 Å². The van der Waals surface area contributed by atoms with E-state index in [1.54, 1.807) is 6.07 Å². The molecule has 0 saturated heterocycles. The summed E-state index contributed by atoms with van der Waals surface area (Å²) in [5.41, 5.74) is 1.48. The topological polar surface area (TPSA) is 52.6 Å². The van der Waals surface area contributed by atoms with Crippen LogP contribution in [0.25, 0.3) is 10.8 Å². The molecule has 1 unspecified atom stereocenters. The van der Waals surface area contributed by atoms with Crippen LogP contribution in [0.15, 0.2) is 72.8 Å². The molecule has 0 aromatic heterocycles. The van der Waals surface area contributed by atoms with Gasteiger partial charge in [-0.15, -0.1) is 0 Å². The lowest BCUT2D eigenvalue weighted by molar-refractivity contribution is -0.163. The molecule has 0 bridgehead atoms. The van der Waals surface area contributed by atoms with Gasteiger partial charge in [0.1, 0.15) is 6.61 Å². The fourth-order valence-corrected chi connectivity index (χ4v) is 2.59. The molecule has 120 valence electrons. The summed E-state index contributed by atoms with van der Waals surface area (Å²) < 4.78 is 10.4. The minimum absolute atomic E-state index is 0.128. The van der Waals surface area contributed by atoms with Gasteiger partial charge >= 0.3 is 5.97 Å². The van der Waals surface area contributed by atoms with E-state index < -0.39 is 12.1 Å². The highest BCUT2D eigenvalue weighted by atomic mass is 16.6. The van der Waals surface area contributed by atoms with Crippen LogP contribution in [0.4, 0.5) is 0 Å². The van der Waals surface area contributed by atoms with Gasteiger partial charge in [-0.1, -0.05) is 72.8 Å². The third-order valence-electron chi connectivity index (χ3n) is 3.74. The molecular weight excluding hydrogens is 304 g/mol. The summed E-state index contributed by atoms with van der Waals surface area (Å²) in [6, 6.07) is 22.5. The summed E-state index contributed by atoms with van der Waals surface area (Å²) in [6.07, 6.45) is -1.09. The van der Waals surface area contributed by atoms with Crippen molar-refractivity contribution in [2.45, 2.75) is 12.7 Å². The molecule has 4 heteroatoms. The van der Waals surface area contributed by atoms with Crippen molar-refractivity contribution in [2.24, 2.45) is 0 Å². The number of carbonyl (C=O) groups is 2. The Morgan fingerprint density at radius 1 is 0.917 bits per heavy atom. The van der Waals surface area contributed by atoms with Gasteiger partial charge in [-0.05, 0) is 16.3 Å². The fraction of sp³-hybridized carbons (Fsp3) is 0.100. The maximum absolute atomic E-state index is 12.4. The van der Waals surface area contributed by atoms with Crippen molar-refractivity contribution in [3.63, 3.8) is 0 Å². The molecule has 0 saturated carbocycles. The quantitative estimate of drug-likeness (QED) is 0.512. The summed E-state index contributed by atoms with van der Waals surface area (Å²) in [7, 11) is 0. The Labute approximate surface area is 139 Å². The minimum Gasteiger partial charge on any atom is -0.458 e. The number of ether oxygens (including phenoxy) is 2. The molecule has 0 amide bonds. The molecule has 4 nitrogen and oxygen atoms in total. The lowest BCUT2D eigenvalue weighted by Crippen LogP contribution is -2.19. The third-order valence-corrected chi connectivity index (χ3v) is 3.74. The van der Waals surface area contributed by atoms with E-state index in [9.17, 15) is 9.59 Å². The molecule has 0 heterocycles. The first kappa shape index (κ1) is 15.7. The van der Waals surface area contributed by atoms with Crippen LogP contribution < -0.4 is 0 Å². The van der Waals surface area contributed by atoms with Crippen LogP contribution in [-0.2, 0) is 25.7 Å². The van der Waals surface area contributed by atoms with Gasteiger partial charge in [0.25, 0.3) is 6.47 Å². The van der Waals surface area contributed by atoms with Crippen molar-refractivity contribution >= 4 is 23.2 Å². The van der Waals surface area contributed by atoms with Crippen molar-refractivity contribution in [1.82, 2.24) is 0 Å². The van der Waals surface area contributed by atoms with Gasteiger partial charge in [-0.25, -0.2) is 4.79 Å². The van der Waals surface area contributed by atoms with Crippen LogP contribution >= 0.6 is 0 Å². The molecule has 24 heavy (non-hydrogen) atoms. The molecule has 0 N–H and O–H groups in total. The maximum atomic E-state index is 12.4. The van der Waals surface area contributed by atoms with E-state index in [0.29, 0.717) is 5.56 Å². The number of carbonyl (C=O) groups excluding carboxylic acids is 2. The van der Waals surface area contributed by atoms with Gasteiger partial charge in [0.2, 0.25) is 6.10 Å². The van der Waals surface area contributed by atoms with Crippen molar-refractivity contribution in [1.29, 1.82) is 0 Å². The van der Waals surface area contributed by atoms with Crippen molar-refractivity contribution < 1.29 is 19.1 Å². The van der Waals surface area contributed by atoms with E-state index in [2.05, 4.69) is 0 Å². The zero-order chi connectivity index (χ0) is 16.8. The molecule has 0 radical (unpaired) electrons. The first-order valence-electron chi connectivity index (χ1n) is 7.57. The number of esters is 1. The van der Waals surface area contributed by atoms with Crippen LogP contribution in [0.1, 0.15) is 17.2 Å². The normalized spacial score (nSPS) is 11.7. The fourth-order valence-electron chi connectivity index (χ4n) is 2.59. The molecule has 3 rings (SSSR count). The Balaban J connectivity index is 1.85. The van der Waals surface area contributed by atoms with Crippen molar-refractivity contribution in [3.05, 3.63) is 83.9 Å². The highest BCUT2D eigenvalue weighted by Gasteiger charge is 2.25. The van der Waals surface area contributed by atoms with E-state index in [-0.39, 0.29) is 13.1 Å². The van der Waals surface area contributed by atoms with Crippen molar-refractivity contribution in [3.8, 4) is 0 Å². The molecule has 3 aromatic rings. The number of benzene rings is 3. The van der Waals surface area contributed by atoms with Crippen LogP contribution in [0, 0.1) is 0 Å². The van der Waals surface area contributed by atoms with Crippen LogP contribution in [0.3, 0.4) is 0 Å². The highest BCUT2D eigenvalue weighted by Crippen LogP contribution is 2.27. The summed E-state index contributed by atoms with van der Waals surface area (Å²) in [5.74, 6) is -0.595. The van der Waals surface area contributed by atoms with Crippen LogP contribution in [0.5, 0.6) is 0 Å². The van der Waals surface area contributed by atoms with E-state index in [4.69, 9.17) is 9.47 Å². The molecule has 0 aliphatic heterocycles. The molecule has 0 fully saturated rings. The maximum Gasteiger partial charge on any atom is 0.352 e. The third kappa shape index (κ3) is 3.43.